The second-order valence-electron chi connectivity index (χ2n) is 5.49. The summed E-state index contributed by atoms with van der Waals surface area (Å²) in [6.07, 6.45) is 4.07. The van der Waals surface area contributed by atoms with Gasteiger partial charge in [0.25, 0.3) is 0 Å². The molecule has 1 saturated carbocycles. The van der Waals surface area contributed by atoms with E-state index in [2.05, 4.69) is 0 Å². The van der Waals surface area contributed by atoms with Crippen LogP contribution >= 0.6 is 0 Å². The molecule has 0 aromatic carbocycles. The lowest BCUT2D eigenvalue weighted by Gasteiger charge is -2.27. The summed E-state index contributed by atoms with van der Waals surface area (Å²) in [5.74, 6) is 0.0328. The molecular weight excluding hydrogens is 254 g/mol. The molecule has 0 spiro atoms. The van der Waals surface area contributed by atoms with Crippen LogP contribution in [0.2, 0.25) is 0 Å². The minimum atomic E-state index is -3.43. The average Bonchev–Trinajstić information content (AvgIpc) is 2.63. The van der Waals surface area contributed by atoms with Crippen molar-refractivity contribution in [3.05, 3.63) is 0 Å². The van der Waals surface area contributed by atoms with Crippen LogP contribution in [-0.4, -0.2) is 40.1 Å². The highest BCUT2D eigenvalue weighted by Gasteiger charge is 2.37. The van der Waals surface area contributed by atoms with Crippen molar-refractivity contribution in [3.8, 4) is 0 Å². The van der Waals surface area contributed by atoms with Crippen LogP contribution in [0.5, 0.6) is 0 Å². The van der Waals surface area contributed by atoms with E-state index in [1.54, 1.807) is 0 Å². The molecule has 5 nitrogen and oxygen atoms in total. The summed E-state index contributed by atoms with van der Waals surface area (Å²) in [5, 5.41) is 5.16. The molecule has 0 amide bonds. The lowest BCUT2D eigenvalue weighted by molar-refractivity contribution is -0.00501. The highest BCUT2D eigenvalue weighted by atomic mass is 32.2. The van der Waals surface area contributed by atoms with E-state index in [1.165, 1.54) is 0 Å². The minimum absolute atomic E-state index is 0.0328. The van der Waals surface area contributed by atoms with E-state index in [-0.39, 0.29) is 17.3 Å². The van der Waals surface area contributed by atoms with Gasteiger partial charge in [-0.2, -0.15) is 0 Å². The van der Waals surface area contributed by atoms with Gasteiger partial charge in [0, 0.05) is 5.41 Å². The van der Waals surface area contributed by atoms with E-state index in [4.69, 9.17) is 14.6 Å². The fourth-order valence-electron chi connectivity index (χ4n) is 2.51. The van der Waals surface area contributed by atoms with Gasteiger partial charge in [0.05, 0.1) is 31.7 Å². The van der Waals surface area contributed by atoms with Crippen molar-refractivity contribution in [2.24, 2.45) is 10.6 Å². The monoisotopic (exact) mass is 279 g/mol. The summed E-state index contributed by atoms with van der Waals surface area (Å²) in [6.45, 7) is 5.46. The second-order valence-corrected chi connectivity index (χ2v) is 7.10. The maximum Gasteiger partial charge on any atom is 0.209 e. The number of hydrogen-bond acceptors (Lipinski definition) is 4. The first-order valence-corrected chi connectivity index (χ1v) is 8.24. The van der Waals surface area contributed by atoms with E-state index in [0.29, 0.717) is 19.8 Å². The van der Waals surface area contributed by atoms with E-state index < -0.39 is 10.0 Å². The van der Waals surface area contributed by atoms with Crippen molar-refractivity contribution < 1.29 is 17.9 Å². The molecule has 0 saturated heterocycles. The van der Waals surface area contributed by atoms with Gasteiger partial charge < -0.3 is 9.47 Å². The summed E-state index contributed by atoms with van der Waals surface area (Å²) in [7, 11) is -3.43. The van der Waals surface area contributed by atoms with Crippen LogP contribution < -0.4 is 5.14 Å². The van der Waals surface area contributed by atoms with Gasteiger partial charge in [-0.05, 0) is 26.7 Å². The van der Waals surface area contributed by atoms with Crippen molar-refractivity contribution >= 4 is 10.0 Å². The van der Waals surface area contributed by atoms with Crippen LogP contribution in [0.25, 0.3) is 0 Å². The Morgan fingerprint density at radius 1 is 1.22 bits per heavy atom. The molecular formula is C12H25NO4S. The van der Waals surface area contributed by atoms with Gasteiger partial charge in [0.1, 0.15) is 0 Å². The molecule has 0 aromatic rings. The molecule has 0 unspecified atom stereocenters. The molecule has 1 aliphatic rings. The van der Waals surface area contributed by atoms with Crippen molar-refractivity contribution in [1.82, 2.24) is 0 Å². The Balaban J connectivity index is 2.35. The minimum Gasteiger partial charge on any atom is -0.378 e. The Bertz CT molecular complexity index is 334. The molecule has 0 radical (unpaired) electrons. The number of primary sulfonamides is 1. The zero-order chi connectivity index (χ0) is 13.6. The van der Waals surface area contributed by atoms with Crippen molar-refractivity contribution in [2.75, 3.05) is 25.6 Å². The van der Waals surface area contributed by atoms with E-state index in [1.807, 2.05) is 13.8 Å². The molecule has 18 heavy (non-hydrogen) atoms. The predicted octanol–water partition coefficient (Wildman–Crippen LogP) is 1.28. The third-order valence-electron chi connectivity index (χ3n) is 3.26. The van der Waals surface area contributed by atoms with Crippen molar-refractivity contribution in [3.63, 3.8) is 0 Å². The van der Waals surface area contributed by atoms with Crippen LogP contribution in [0.1, 0.15) is 39.5 Å². The van der Waals surface area contributed by atoms with Gasteiger partial charge in [-0.3, -0.25) is 0 Å². The molecule has 1 rings (SSSR count). The molecule has 108 valence electrons. The topological polar surface area (TPSA) is 78.6 Å². The van der Waals surface area contributed by atoms with Crippen LogP contribution in [0.4, 0.5) is 0 Å². The Morgan fingerprint density at radius 2 is 1.83 bits per heavy atom. The molecule has 0 aromatic heterocycles. The first-order chi connectivity index (χ1) is 8.33. The summed E-state index contributed by atoms with van der Waals surface area (Å²) >= 11 is 0. The van der Waals surface area contributed by atoms with E-state index >= 15 is 0 Å². The summed E-state index contributed by atoms with van der Waals surface area (Å²) in [6, 6.07) is 0. The number of ether oxygens (including phenoxy) is 2. The van der Waals surface area contributed by atoms with Crippen LogP contribution in [0.3, 0.4) is 0 Å². The summed E-state index contributed by atoms with van der Waals surface area (Å²) < 4.78 is 33.5. The number of nitrogens with two attached hydrogens (primary N) is 1. The largest absolute Gasteiger partial charge is 0.378 e. The standard InChI is InChI=1S/C12H25NO4S/c1-11(2)17-8-7-16-9-12(5-3-4-6-12)10-18(13,14)15/h11H,3-10H2,1-2H3,(H2,13,14,15). The van der Waals surface area contributed by atoms with E-state index in [0.717, 1.165) is 25.7 Å². The zero-order valence-corrected chi connectivity index (χ0v) is 12.2. The summed E-state index contributed by atoms with van der Waals surface area (Å²) in [4.78, 5) is 0. The number of sulfonamides is 1. The lowest BCUT2D eigenvalue weighted by atomic mass is 9.90. The molecule has 1 fully saturated rings. The molecule has 0 bridgehead atoms. The highest BCUT2D eigenvalue weighted by molar-refractivity contribution is 7.89. The third-order valence-corrected chi connectivity index (χ3v) is 4.27. The lowest BCUT2D eigenvalue weighted by Crippen LogP contribution is -2.35. The highest BCUT2D eigenvalue weighted by Crippen LogP contribution is 2.39. The normalized spacial score (nSPS) is 19.6. The zero-order valence-electron chi connectivity index (χ0n) is 11.4. The SMILES string of the molecule is CC(C)OCCOCC1(CS(N)(=O)=O)CCCC1. The molecule has 0 heterocycles. The number of hydrogen-bond donors (Lipinski definition) is 1. The quantitative estimate of drug-likeness (QED) is 0.679. The Kier molecular flexibility index (Phi) is 6.04. The number of rotatable bonds is 8. The maximum absolute atomic E-state index is 11.3. The van der Waals surface area contributed by atoms with Gasteiger partial charge in [-0.25, -0.2) is 13.6 Å². The second kappa shape index (κ2) is 6.84. The summed E-state index contributed by atoms with van der Waals surface area (Å²) in [5.41, 5.74) is -0.272. The van der Waals surface area contributed by atoms with Crippen LogP contribution in [0.15, 0.2) is 0 Å². The van der Waals surface area contributed by atoms with Gasteiger partial charge in [-0.15, -0.1) is 0 Å². The van der Waals surface area contributed by atoms with Gasteiger partial charge >= 0.3 is 0 Å². The molecule has 0 aliphatic heterocycles. The predicted molar refractivity (Wildman–Crippen MR) is 70.8 cm³/mol. The fourth-order valence-corrected chi connectivity index (χ4v) is 3.74. The Morgan fingerprint density at radius 3 is 2.33 bits per heavy atom. The molecule has 6 heteroatoms. The first-order valence-electron chi connectivity index (χ1n) is 6.53. The van der Waals surface area contributed by atoms with Crippen LogP contribution in [0, 0.1) is 5.41 Å². The third kappa shape index (κ3) is 6.13. The van der Waals surface area contributed by atoms with Gasteiger partial charge in [-0.1, -0.05) is 12.8 Å². The molecule has 2 N–H and O–H groups in total. The van der Waals surface area contributed by atoms with Crippen molar-refractivity contribution in [2.45, 2.75) is 45.6 Å². The van der Waals surface area contributed by atoms with Crippen LogP contribution in [-0.2, 0) is 19.5 Å². The molecule has 1 aliphatic carbocycles. The van der Waals surface area contributed by atoms with E-state index in [9.17, 15) is 8.42 Å². The van der Waals surface area contributed by atoms with Gasteiger partial charge in [0.15, 0.2) is 0 Å². The Labute approximate surface area is 110 Å². The van der Waals surface area contributed by atoms with Gasteiger partial charge in [0.2, 0.25) is 10.0 Å². The maximum atomic E-state index is 11.3. The Hall–Kier alpha value is -0.170. The fraction of sp³-hybridized carbons (Fsp3) is 1.00. The smallest absolute Gasteiger partial charge is 0.209 e. The van der Waals surface area contributed by atoms with Crippen molar-refractivity contribution in [1.29, 1.82) is 0 Å². The molecule has 0 atom stereocenters. The average molecular weight is 279 g/mol. The first kappa shape index (κ1) is 15.9.